The van der Waals surface area contributed by atoms with E-state index >= 15 is 0 Å². The van der Waals surface area contributed by atoms with Crippen molar-refractivity contribution < 1.29 is 9.47 Å². The molecule has 1 aliphatic carbocycles. The van der Waals surface area contributed by atoms with Gasteiger partial charge in [-0.05, 0) is 27.8 Å². The Balaban J connectivity index is 2.11. The molecule has 0 amide bonds. The molecule has 1 aliphatic rings. The van der Waals surface area contributed by atoms with Gasteiger partial charge in [-0.1, -0.05) is 42.5 Å². The fraction of sp³-hybridized carbons (Fsp3) is 0.294. The Kier molecular flexibility index (Phi) is 3.36. The van der Waals surface area contributed by atoms with Crippen molar-refractivity contribution in [2.75, 3.05) is 20.8 Å². The van der Waals surface area contributed by atoms with Gasteiger partial charge in [0.2, 0.25) is 0 Å². The zero-order valence-corrected chi connectivity index (χ0v) is 11.3. The molecule has 0 aromatic heterocycles. The van der Waals surface area contributed by atoms with E-state index in [2.05, 4.69) is 42.5 Å². The molecule has 0 radical (unpaired) electrons. The van der Waals surface area contributed by atoms with Gasteiger partial charge in [0.1, 0.15) is 0 Å². The monoisotopic (exact) mass is 254 g/mol. The lowest BCUT2D eigenvalue weighted by molar-refractivity contribution is 0.184. The molecule has 3 rings (SSSR count). The van der Waals surface area contributed by atoms with Gasteiger partial charge in [-0.25, -0.2) is 0 Å². The maximum atomic E-state index is 5.41. The lowest BCUT2D eigenvalue weighted by Gasteiger charge is -2.13. The molecule has 98 valence electrons. The third kappa shape index (κ3) is 2.07. The summed E-state index contributed by atoms with van der Waals surface area (Å²) >= 11 is 0. The first-order chi connectivity index (χ1) is 9.35. The standard InChI is InChI=1S/C17H18O2/c1-18-10-12-7-8-15-13-5-3-4-6-14(13)17(11-19-2)16(15)9-12/h3-9,17H,10-11H2,1-2H3. The van der Waals surface area contributed by atoms with Crippen LogP contribution in [-0.4, -0.2) is 20.8 Å². The summed E-state index contributed by atoms with van der Waals surface area (Å²) in [6, 6.07) is 15.2. The molecular weight excluding hydrogens is 236 g/mol. The third-order valence-electron chi connectivity index (χ3n) is 3.76. The maximum absolute atomic E-state index is 5.41. The minimum absolute atomic E-state index is 0.341. The summed E-state index contributed by atoms with van der Waals surface area (Å²) in [6.45, 7) is 1.38. The van der Waals surface area contributed by atoms with Crippen LogP contribution in [0.4, 0.5) is 0 Å². The van der Waals surface area contributed by atoms with E-state index in [-0.39, 0.29) is 0 Å². The van der Waals surface area contributed by atoms with Crippen LogP contribution in [0, 0.1) is 0 Å². The van der Waals surface area contributed by atoms with Crippen LogP contribution in [-0.2, 0) is 16.1 Å². The molecule has 19 heavy (non-hydrogen) atoms. The topological polar surface area (TPSA) is 18.5 Å². The van der Waals surface area contributed by atoms with E-state index in [4.69, 9.17) is 9.47 Å². The average Bonchev–Trinajstić information content (AvgIpc) is 2.74. The van der Waals surface area contributed by atoms with Crippen LogP contribution in [0.25, 0.3) is 11.1 Å². The molecule has 0 N–H and O–H groups in total. The molecule has 0 bridgehead atoms. The Morgan fingerprint density at radius 3 is 2.47 bits per heavy atom. The lowest BCUT2D eigenvalue weighted by Crippen LogP contribution is -2.05. The SMILES string of the molecule is COCc1ccc2c(c1)C(COC)c1ccccc1-2. The lowest BCUT2D eigenvalue weighted by atomic mass is 9.97. The van der Waals surface area contributed by atoms with E-state index in [1.165, 1.54) is 27.8 Å². The van der Waals surface area contributed by atoms with Gasteiger partial charge in [0.15, 0.2) is 0 Å². The smallest absolute Gasteiger partial charge is 0.0713 e. The number of hydrogen-bond acceptors (Lipinski definition) is 2. The first-order valence-corrected chi connectivity index (χ1v) is 6.55. The molecule has 1 unspecified atom stereocenters. The molecule has 2 nitrogen and oxygen atoms in total. The van der Waals surface area contributed by atoms with Gasteiger partial charge in [0, 0.05) is 20.1 Å². The summed E-state index contributed by atoms with van der Waals surface area (Å²) in [6.07, 6.45) is 0. The summed E-state index contributed by atoms with van der Waals surface area (Å²) in [5, 5.41) is 0. The van der Waals surface area contributed by atoms with E-state index < -0.39 is 0 Å². The first kappa shape index (κ1) is 12.4. The van der Waals surface area contributed by atoms with Crippen LogP contribution in [0.1, 0.15) is 22.6 Å². The summed E-state index contributed by atoms with van der Waals surface area (Å²) in [5.41, 5.74) is 6.61. The normalized spacial score (nSPS) is 16.2. The number of hydrogen-bond donors (Lipinski definition) is 0. The van der Waals surface area contributed by atoms with Crippen molar-refractivity contribution in [2.45, 2.75) is 12.5 Å². The van der Waals surface area contributed by atoms with E-state index in [0.717, 1.165) is 6.61 Å². The quantitative estimate of drug-likeness (QED) is 0.830. The predicted octanol–water partition coefficient (Wildman–Crippen LogP) is 3.59. The van der Waals surface area contributed by atoms with Gasteiger partial charge in [-0.15, -0.1) is 0 Å². The number of methoxy groups -OCH3 is 2. The summed E-state index contributed by atoms with van der Waals surface area (Å²) < 4.78 is 10.6. The van der Waals surface area contributed by atoms with Crippen molar-refractivity contribution in [2.24, 2.45) is 0 Å². The Bertz CT molecular complexity index is 590. The van der Waals surface area contributed by atoms with Crippen LogP contribution in [0.15, 0.2) is 42.5 Å². The fourth-order valence-corrected chi connectivity index (χ4v) is 2.96. The molecule has 0 fully saturated rings. The molecule has 0 heterocycles. The average molecular weight is 254 g/mol. The van der Waals surface area contributed by atoms with Crippen LogP contribution in [0.5, 0.6) is 0 Å². The summed E-state index contributed by atoms with van der Waals surface area (Å²) in [5.74, 6) is 0.341. The van der Waals surface area contributed by atoms with Gasteiger partial charge < -0.3 is 9.47 Å². The van der Waals surface area contributed by atoms with Gasteiger partial charge in [-0.3, -0.25) is 0 Å². The van der Waals surface area contributed by atoms with E-state index in [9.17, 15) is 0 Å². The van der Waals surface area contributed by atoms with E-state index in [1.807, 2.05) is 0 Å². The highest BCUT2D eigenvalue weighted by molar-refractivity contribution is 5.79. The molecule has 2 aromatic rings. The van der Waals surface area contributed by atoms with Crippen molar-refractivity contribution in [1.82, 2.24) is 0 Å². The molecule has 1 atom stereocenters. The Labute approximate surface area is 114 Å². The minimum atomic E-state index is 0.341. The zero-order valence-electron chi connectivity index (χ0n) is 11.3. The van der Waals surface area contributed by atoms with Crippen molar-refractivity contribution in [1.29, 1.82) is 0 Å². The molecule has 0 spiro atoms. The second-order valence-corrected chi connectivity index (χ2v) is 4.95. The van der Waals surface area contributed by atoms with Crippen LogP contribution in [0.3, 0.4) is 0 Å². The van der Waals surface area contributed by atoms with Gasteiger partial charge >= 0.3 is 0 Å². The van der Waals surface area contributed by atoms with Crippen LogP contribution < -0.4 is 0 Å². The highest BCUT2D eigenvalue weighted by atomic mass is 16.5. The molecule has 0 saturated heterocycles. The van der Waals surface area contributed by atoms with E-state index in [1.54, 1.807) is 14.2 Å². The largest absolute Gasteiger partial charge is 0.384 e. The third-order valence-corrected chi connectivity index (χ3v) is 3.76. The predicted molar refractivity (Wildman–Crippen MR) is 76.3 cm³/mol. The molecule has 0 saturated carbocycles. The molecule has 2 heteroatoms. The molecule has 2 aromatic carbocycles. The second-order valence-electron chi connectivity index (χ2n) is 4.95. The number of rotatable bonds is 4. The summed E-state index contributed by atoms with van der Waals surface area (Å²) in [7, 11) is 3.49. The highest BCUT2D eigenvalue weighted by Crippen LogP contribution is 2.45. The number of ether oxygens (including phenoxy) is 2. The Morgan fingerprint density at radius 1 is 0.895 bits per heavy atom. The van der Waals surface area contributed by atoms with Crippen LogP contribution in [0.2, 0.25) is 0 Å². The van der Waals surface area contributed by atoms with Crippen LogP contribution >= 0.6 is 0 Å². The molecular formula is C17H18O2. The van der Waals surface area contributed by atoms with Gasteiger partial charge in [0.25, 0.3) is 0 Å². The Morgan fingerprint density at radius 2 is 1.68 bits per heavy atom. The van der Waals surface area contributed by atoms with Gasteiger partial charge in [0.05, 0.1) is 13.2 Å². The Hall–Kier alpha value is -1.64. The first-order valence-electron chi connectivity index (χ1n) is 6.55. The summed E-state index contributed by atoms with van der Waals surface area (Å²) in [4.78, 5) is 0. The minimum Gasteiger partial charge on any atom is -0.384 e. The number of benzene rings is 2. The number of fused-ring (bicyclic) bond motifs is 3. The van der Waals surface area contributed by atoms with Crippen molar-refractivity contribution in [3.05, 3.63) is 59.2 Å². The maximum Gasteiger partial charge on any atom is 0.0713 e. The fourth-order valence-electron chi connectivity index (χ4n) is 2.96. The van der Waals surface area contributed by atoms with Gasteiger partial charge in [-0.2, -0.15) is 0 Å². The zero-order chi connectivity index (χ0) is 13.2. The van der Waals surface area contributed by atoms with Crippen molar-refractivity contribution >= 4 is 0 Å². The molecule has 0 aliphatic heterocycles. The van der Waals surface area contributed by atoms with E-state index in [0.29, 0.717) is 12.5 Å². The second kappa shape index (κ2) is 5.16. The van der Waals surface area contributed by atoms with Crippen molar-refractivity contribution in [3.8, 4) is 11.1 Å². The van der Waals surface area contributed by atoms with Crippen molar-refractivity contribution in [3.63, 3.8) is 0 Å². The highest BCUT2D eigenvalue weighted by Gasteiger charge is 2.28.